The summed E-state index contributed by atoms with van der Waals surface area (Å²) in [7, 11) is 0. The lowest BCUT2D eigenvalue weighted by Gasteiger charge is -2.30. The van der Waals surface area contributed by atoms with Crippen LogP contribution in [0.1, 0.15) is 23.2 Å². The van der Waals surface area contributed by atoms with Crippen LogP contribution in [0.2, 0.25) is 10.0 Å². The molecule has 1 saturated heterocycles. The van der Waals surface area contributed by atoms with Gasteiger partial charge in [0.05, 0.1) is 15.6 Å². The summed E-state index contributed by atoms with van der Waals surface area (Å²) in [4.78, 5) is 13.8. The van der Waals surface area contributed by atoms with Gasteiger partial charge in [0.15, 0.2) is 0 Å². The molecule has 0 unspecified atom stereocenters. The average molecular weight is 291 g/mol. The normalized spacial score (nSPS) is 17.0. The van der Waals surface area contributed by atoms with Crippen LogP contribution in [0.4, 0.5) is 4.39 Å². The number of carbonyl (C=O) groups is 1. The molecule has 18 heavy (non-hydrogen) atoms. The molecule has 0 bridgehead atoms. The Morgan fingerprint density at radius 1 is 1.28 bits per heavy atom. The van der Waals surface area contributed by atoms with E-state index in [4.69, 9.17) is 28.9 Å². The molecule has 98 valence electrons. The average Bonchev–Trinajstić information content (AvgIpc) is 2.34. The Kier molecular flexibility index (Phi) is 4.10. The Morgan fingerprint density at radius 3 is 2.50 bits per heavy atom. The standard InChI is InChI=1S/C12H13Cl2FN2O/c13-9-6-10(14)11(15)5-8(9)12(18)17-3-1-7(16)2-4-17/h5-7H,1-4,16H2. The van der Waals surface area contributed by atoms with Gasteiger partial charge in [-0.15, -0.1) is 0 Å². The van der Waals surface area contributed by atoms with E-state index in [1.807, 2.05) is 0 Å². The first-order valence-corrected chi connectivity index (χ1v) is 6.44. The van der Waals surface area contributed by atoms with E-state index in [-0.39, 0.29) is 27.6 Å². The number of likely N-dealkylation sites (tertiary alicyclic amines) is 1. The zero-order valence-corrected chi connectivity index (χ0v) is 11.1. The molecule has 3 nitrogen and oxygen atoms in total. The molecular weight excluding hydrogens is 278 g/mol. The molecule has 1 aromatic rings. The summed E-state index contributed by atoms with van der Waals surface area (Å²) >= 11 is 11.5. The van der Waals surface area contributed by atoms with Gasteiger partial charge in [0.1, 0.15) is 5.82 Å². The minimum absolute atomic E-state index is 0.0859. The van der Waals surface area contributed by atoms with Crippen molar-refractivity contribution in [3.8, 4) is 0 Å². The number of halogens is 3. The second-order valence-corrected chi connectivity index (χ2v) is 5.19. The van der Waals surface area contributed by atoms with Gasteiger partial charge in [-0.2, -0.15) is 0 Å². The molecule has 2 N–H and O–H groups in total. The SMILES string of the molecule is NC1CCN(C(=O)c2cc(F)c(Cl)cc2Cl)CC1. The van der Waals surface area contributed by atoms with Gasteiger partial charge in [-0.05, 0) is 25.0 Å². The Bertz CT molecular complexity index is 473. The predicted molar refractivity (Wildman–Crippen MR) is 69.5 cm³/mol. The molecule has 0 aliphatic carbocycles. The Balaban J connectivity index is 2.21. The van der Waals surface area contributed by atoms with Crippen molar-refractivity contribution >= 4 is 29.1 Å². The highest BCUT2D eigenvalue weighted by Gasteiger charge is 2.24. The maximum Gasteiger partial charge on any atom is 0.255 e. The third-order valence-corrected chi connectivity index (χ3v) is 3.67. The van der Waals surface area contributed by atoms with Gasteiger partial charge in [0.25, 0.3) is 5.91 Å². The summed E-state index contributed by atoms with van der Waals surface area (Å²) < 4.78 is 13.4. The molecule has 1 heterocycles. The third kappa shape index (κ3) is 2.76. The summed E-state index contributed by atoms with van der Waals surface area (Å²) in [5.41, 5.74) is 5.92. The molecule has 1 fully saturated rings. The van der Waals surface area contributed by atoms with Crippen LogP contribution >= 0.6 is 23.2 Å². The zero-order chi connectivity index (χ0) is 13.3. The molecule has 0 atom stereocenters. The second kappa shape index (κ2) is 5.43. The fraction of sp³-hybridized carbons (Fsp3) is 0.417. The Hall–Kier alpha value is -0.840. The van der Waals surface area contributed by atoms with E-state index in [0.29, 0.717) is 13.1 Å². The minimum Gasteiger partial charge on any atom is -0.338 e. The van der Waals surface area contributed by atoms with Crippen LogP contribution in [0, 0.1) is 5.82 Å². The first-order valence-electron chi connectivity index (χ1n) is 5.68. The van der Waals surface area contributed by atoms with Crippen LogP contribution in [0.25, 0.3) is 0 Å². The first kappa shape index (κ1) is 13.6. The topological polar surface area (TPSA) is 46.3 Å². The van der Waals surface area contributed by atoms with E-state index >= 15 is 0 Å². The number of hydrogen-bond acceptors (Lipinski definition) is 2. The predicted octanol–water partition coefficient (Wildman–Crippen LogP) is 2.70. The maximum atomic E-state index is 13.4. The van der Waals surface area contributed by atoms with Crippen LogP contribution in [0.15, 0.2) is 12.1 Å². The van der Waals surface area contributed by atoms with Crippen molar-refractivity contribution in [2.45, 2.75) is 18.9 Å². The summed E-state index contributed by atoms with van der Waals surface area (Å²) in [6.45, 7) is 1.14. The first-order chi connectivity index (χ1) is 8.49. The van der Waals surface area contributed by atoms with Crippen LogP contribution in [0.3, 0.4) is 0 Å². The quantitative estimate of drug-likeness (QED) is 0.809. The molecule has 1 amide bonds. The summed E-state index contributed by atoms with van der Waals surface area (Å²) in [5.74, 6) is -0.916. The monoisotopic (exact) mass is 290 g/mol. The van der Waals surface area contributed by atoms with E-state index in [1.54, 1.807) is 4.90 Å². The molecule has 0 aromatic heterocycles. The number of carbonyl (C=O) groups excluding carboxylic acids is 1. The summed E-state index contributed by atoms with van der Waals surface area (Å²) in [5, 5.41) is 0.0819. The number of nitrogens with zero attached hydrogens (tertiary/aromatic N) is 1. The van der Waals surface area contributed by atoms with Gasteiger partial charge in [-0.25, -0.2) is 4.39 Å². The second-order valence-electron chi connectivity index (χ2n) is 4.38. The molecule has 6 heteroatoms. The third-order valence-electron chi connectivity index (χ3n) is 3.07. The van der Waals surface area contributed by atoms with Crippen molar-refractivity contribution in [2.75, 3.05) is 13.1 Å². The van der Waals surface area contributed by atoms with Crippen molar-refractivity contribution in [2.24, 2.45) is 5.73 Å². The van der Waals surface area contributed by atoms with E-state index in [2.05, 4.69) is 0 Å². The van der Waals surface area contributed by atoms with Crippen molar-refractivity contribution in [1.82, 2.24) is 4.90 Å². The molecule has 0 radical (unpaired) electrons. The summed E-state index contributed by atoms with van der Waals surface area (Å²) in [6.07, 6.45) is 1.50. The number of piperidine rings is 1. The van der Waals surface area contributed by atoms with Crippen LogP contribution in [-0.2, 0) is 0 Å². The number of benzene rings is 1. The van der Waals surface area contributed by atoms with Crippen molar-refractivity contribution < 1.29 is 9.18 Å². The highest BCUT2D eigenvalue weighted by Crippen LogP contribution is 2.26. The lowest BCUT2D eigenvalue weighted by Crippen LogP contribution is -2.42. The lowest BCUT2D eigenvalue weighted by molar-refractivity contribution is 0.0714. The van der Waals surface area contributed by atoms with E-state index in [1.165, 1.54) is 6.07 Å². The number of nitrogens with two attached hydrogens (primary N) is 1. The van der Waals surface area contributed by atoms with Gasteiger partial charge in [-0.1, -0.05) is 23.2 Å². The molecule has 1 aliphatic heterocycles. The zero-order valence-electron chi connectivity index (χ0n) is 9.63. The summed E-state index contributed by atoms with van der Waals surface area (Å²) in [6, 6.07) is 2.47. The molecule has 0 spiro atoms. The number of rotatable bonds is 1. The van der Waals surface area contributed by atoms with Gasteiger partial charge in [0, 0.05) is 19.1 Å². The van der Waals surface area contributed by atoms with Gasteiger partial charge in [0.2, 0.25) is 0 Å². The van der Waals surface area contributed by atoms with Crippen LogP contribution in [-0.4, -0.2) is 29.9 Å². The van der Waals surface area contributed by atoms with E-state index in [0.717, 1.165) is 18.9 Å². The van der Waals surface area contributed by atoms with Gasteiger partial charge < -0.3 is 10.6 Å². The van der Waals surface area contributed by atoms with Crippen molar-refractivity contribution in [3.63, 3.8) is 0 Å². The van der Waals surface area contributed by atoms with Crippen LogP contribution in [0.5, 0.6) is 0 Å². The minimum atomic E-state index is -0.641. The molecule has 0 saturated carbocycles. The molecule has 1 aromatic carbocycles. The Labute approximate surface area is 115 Å². The molecular formula is C12H13Cl2FN2O. The molecule has 2 rings (SSSR count). The van der Waals surface area contributed by atoms with Crippen molar-refractivity contribution in [1.29, 1.82) is 0 Å². The van der Waals surface area contributed by atoms with Gasteiger partial charge in [-0.3, -0.25) is 4.79 Å². The lowest BCUT2D eigenvalue weighted by atomic mass is 10.0. The fourth-order valence-corrected chi connectivity index (χ4v) is 2.42. The number of amides is 1. The highest BCUT2D eigenvalue weighted by molar-refractivity contribution is 6.36. The van der Waals surface area contributed by atoms with E-state index < -0.39 is 5.82 Å². The fourth-order valence-electron chi connectivity index (χ4n) is 1.96. The van der Waals surface area contributed by atoms with Crippen molar-refractivity contribution in [3.05, 3.63) is 33.6 Å². The van der Waals surface area contributed by atoms with Crippen LogP contribution < -0.4 is 5.73 Å². The highest BCUT2D eigenvalue weighted by atomic mass is 35.5. The Morgan fingerprint density at radius 2 is 1.89 bits per heavy atom. The maximum absolute atomic E-state index is 13.4. The molecule has 1 aliphatic rings. The smallest absolute Gasteiger partial charge is 0.255 e. The largest absolute Gasteiger partial charge is 0.338 e. The van der Waals surface area contributed by atoms with E-state index in [9.17, 15) is 9.18 Å². The number of hydrogen-bond donors (Lipinski definition) is 1. The van der Waals surface area contributed by atoms with Gasteiger partial charge >= 0.3 is 0 Å².